The molecule has 1 N–H and O–H groups in total. The van der Waals surface area contributed by atoms with Gasteiger partial charge in [0.1, 0.15) is 12.4 Å². The Hall–Kier alpha value is -2.43. The van der Waals surface area contributed by atoms with E-state index in [2.05, 4.69) is 4.72 Å². The molecule has 10 heteroatoms. The number of sulfonamides is 1. The molecule has 1 unspecified atom stereocenters. The summed E-state index contributed by atoms with van der Waals surface area (Å²) in [4.78, 5) is 14.2. The van der Waals surface area contributed by atoms with Gasteiger partial charge < -0.3 is 9.64 Å². The van der Waals surface area contributed by atoms with Gasteiger partial charge in [-0.15, -0.1) is 0 Å². The van der Waals surface area contributed by atoms with Crippen molar-refractivity contribution < 1.29 is 26.4 Å². The van der Waals surface area contributed by atoms with Gasteiger partial charge in [0, 0.05) is 18.7 Å². The molecule has 1 fully saturated rings. The molecular formula is C22H28N2O6S2. The van der Waals surface area contributed by atoms with E-state index in [0.717, 1.165) is 16.9 Å². The van der Waals surface area contributed by atoms with Gasteiger partial charge in [-0.1, -0.05) is 12.1 Å². The van der Waals surface area contributed by atoms with Crippen molar-refractivity contribution in [2.24, 2.45) is 0 Å². The van der Waals surface area contributed by atoms with Crippen LogP contribution >= 0.6 is 0 Å². The second kappa shape index (κ2) is 9.60. The molecule has 32 heavy (non-hydrogen) atoms. The molecule has 1 aliphatic rings. The lowest BCUT2D eigenvalue weighted by atomic mass is 10.1. The molecule has 0 aromatic heterocycles. The molecule has 174 valence electrons. The minimum Gasteiger partial charge on any atom is -0.492 e. The highest BCUT2D eigenvalue weighted by molar-refractivity contribution is 7.92. The van der Waals surface area contributed by atoms with Crippen LogP contribution in [-0.4, -0.2) is 65.4 Å². The third kappa shape index (κ3) is 6.30. The molecule has 1 saturated heterocycles. The van der Waals surface area contributed by atoms with Gasteiger partial charge in [-0.25, -0.2) is 21.6 Å². The SMILES string of the molecule is Cc1cc(C)cc(OCCN(C)C(=O)c2cccc(S(=O)(=O)NC3CCS(=O)(=O)C3)c2)c1. The molecule has 2 aromatic carbocycles. The van der Waals surface area contributed by atoms with Crippen molar-refractivity contribution >= 4 is 25.8 Å². The summed E-state index contributed by atoms with van der Waals surface area (Å²) in [5.41, 5.74) is 2.40. The zero-order valence-electron chi connectivity index (χ0n) is 18.4. The lowest BCUT2D eigenvalue weighted by Crippen LogP contribution is -2.36. The Morgan fingerprint density at radius 1 is 1.16 bits per heavy atom. The maximum Gasteiger partial charge on any atom is 0.253 e. The summed E-state index contributed by atoms with van der Waals surface area (Å²) in [6, 6.07) is 11.0. The van der Waals surface area contributed by atoms with Gasteiger partial charge in [-0.05, 0) is 61.7 Å². The molecule has 1 aliphatic heterocycles. The van der Waals surface area contributed by atoms with Crippen LogP contribution < -0.4 is 9.46 Å². The van der Waals surface area contributed by atoms with E-state index in [-0.39, 0.29) is 34.3 Å². The summed E-state index contributed by atoms with van der Waals surface area (Å²) in [6.07, 6.45) is 0.239. The van der Waals surface area contributed by atoms with Crippen molar-refractivity contribution in [2.75, 3.05) is 31.7 Å². The predicted molar refractivity (Wildman–Crippen MR) is 122 cm³/mol. The number of aryl methyl sites for hydroxylation is 2. The third-order valence-corrected chi connectivity index (χ3v) is 8.47. The molecule has 8 nitrogen and oxygen atoms in total. The first kappa shape index (κ1) is 24.2. The first-order valence-corrected chi connectivity index (χ1v) is 13.5. The second-order valence-electron chi connectivity index (χ2n) is 8.15. The lowest BCUT2D eigenvalue weighted by molar-refractivity contribution is 0.0773. The standard InChI is InChI=1S/C22H28N2O6S2/c1-16-11-17(2)13-20(12-16)30-9-8-24(3)22(25)18-5-4-6-21(14-18)32(28,29)23-19-7-10-31(26,27)15-19/h4-6,11-14,19,23H,7-10,15H2,1-3H3. The Balaban J connectivity index is 1.62. The van der Waals surface area contributed by atoms with E-state index in [4.69, 9.17) is 4.74 Å². The Morgan fingerprint density at radius 2 is 1.84 bits per heavy atom. The molecule has 0 radical (unpaired) electrons. The fourth-order valence-corrected chi connectivity index (χ4v) is 6.71. The zero-order valence-corrected chi connectivity index (χ0v) is 20.0. The molecule has 2 aromatic rings. The van der Waals surface area contributed by atoms with Crippen molar-refractivity contribution in [3.05, 3.63) is 59.2 Å². The third-order valence-electron chi connectivity index (χ3n) is 5.18. The zero-order chi connectivity index (χ0) is 23.5. The quantitative estimate of drug-likeness (QED) is 0.618. The monoisotopic (exact) mass is 480 g/mol. The summed E-state index contributed by atoms with van der Waals surface area (Å²) >= 11 is 0. The molecule has 0 bridgehead atoms. The maximum atomic E-state index is 12.8. The smallest absolute Gasteiger partial charge is 0.253 e. The topological polar surface area (TPSA) is 110 Å². The average Bonchev–Trinajstić information content (AvgIpc) is 3.04. The molecule has 1 heterocycles. The highest BCUT2D eigenvalue weighted by Crippen LogP contribution is 2.18. The van der Waals surface area contributed by atoms with Gasteiger partial charge in [0.2, 0.25) is 10.0 Å². The number of ether oxygens (including phenoxy) is 1. The van der Waals surface area contributed by atoms with Crippen LogP contribution in [0.5, 0.6) is 5.75 Å². The van der Waals surface area contributed by atoms with E-state index in [1.807, 2.05) is 32.0 Å². The summed E-state index contributed by atoms with van der Waals surface area (Å²) in [7, 11) is -5.54. The second-order valence-corrected chi connectivity index (χ2v) is 12.1. The van der Waals surface area contributed by atoms with Crippen molar-refractivity contribution in [1.82, 2.24) is 9.62 Å². The molecule has 3 rings (SSSR count). The Morgan fingerprint density at radius 3 is 2.47 bits per heavy atom. The minimum absolute atomic E-state index is 0.0340. The summed E-state index contributed by atoms with van der Waals surface area (Å²) in [5, 5.41) is 0. The average molecular weight is 481 g/mol. The highest BCUT2D eigenvalue weighted by atomic mass is 32.2. The largest absolute Gasteiger partial charge is 0.492 e. The van der Waals surface area contributed by atoms with Gasteiger partial charge in [-0.2, -0.15) is 0 Å². The van der Waals surface area contributed by atoms with Crippen LogP contribution in [0, 0.1) is 13.8 Å². The van der Waals surface area contributed by atoms with E-state index in [1.165, 1.54) is 23.1 Å². The van der Waals surface area contributed by atoms with Crippen LogP contribution in [0.15, 0.2) is 47.4 Å². The molecule has 0 aliphatic carbocycles. The molecule has 1 amide bonds. The van der Waals surface area contributed by atoms with E-state index < -0.39 is 25.9 Å². The molecule has 1 atom stereocenters. The first-order chi connectivity index (χ1) is 14.9. The number of benzene rings is 2. The Kier molecular flexibility index (Phi) is 7.26. The number of likely N-dealkylation sites (N-methyl/N-ethyl adjacent to an activating group) is 1. The van der Waals surface area contributed by atoms with Crippen LogP contribution in [0.2, 0.25) is 0 Å². The number of nitrogens with zero attached hydrogens (tertiary/aromatic N) is 1. The van der Waals surface area contributed by atoms with E-state index in [0.29, 0.717) is 13.2 Å². The molecular weight excluding hydrogens is 452 g/mol. The number of rotatable bonds is 8. The molecule has 0 spiro atoms. The number of carbonyl (C=O) groups is 1. The number of carbonyl (C=O) groups excluding carboxylic acids is 1. The van der Waals surface area contributed by atoms with Gasteiger partial charge in [0.05, 0.1) is 22.9 Å². The van der Waals surface area contributed by atoms with Crippen molar-refractivity contribution in [3.8, 4) is 5.75 Å². The van der Waals surface area contributed by atoms with E-state index in [9.17, 15) is 21.6 Å². The Labute approximate surface area is 189 Å². The number of hydrogen-bond acceptors (Lipinski definition) is 6. The van der Waals surface area contributed by atoms with Gasteiger partial charge in [-0.3, -0.25) is 4.79 Å². The lowest BCUT2D eigenvalue weighted by Gasteiger charge is -2.18. The van der Waals surface area contributed by atoms with Crippen LogP contribution in [0.3, 0.4) is 0 Å². The van der Waals surface area contributed by atoms with Crippen LogP contribution in [-0.2, 0) is 19.9 Å². The van der Waals surface area contributed by atoms with Crippen molar-refractivity contribution in [2.45, 2.75) is 31.2 Å². The number of sulfone groups is 1. The van der Waals surface area contributed by atoms with E-state index >= 15 is 0 Å². The fraction of sp³-hybridized carbons (Fsp3) is 0.409. The summed E-state index contributed by atoms with van der Waals surface area (Å²) < 4.78 is 56.7. The highest BCUT2D eigenvalue weighted by Gasteiger charge is 2.31. The Bertz CT molecular complexity index is 1190. The number of hydrogen-bond donors (Lipinski definition) is 1. The predicted octanol–water partition coefficient (Wildman–Crippen LogP) is 1.92. The van der Waals surface area contributed by atoms with Gasteiger partial charge in [0.25, 0.3) is 5.91 Å². The van der Waals surface area contributed by atoms with Gasteiger partial charge in [0.15, 0.2) is 9.84 Å². The summed E-state index contributed by atoms with van der Waals surface area (Å²) in [6.45, 7) is 4.58. The molecule has 0 saturated carbocycles. The maximum absolute atomic E-state index is 12.8. The summed E-state index contributed by atoms with van der Waals surface area (Å²) in [5.74, 6) is 0.146. The van der Waals surface area contributed by atoms with Crippen molar-refractivity contribution in [1.29, 1.82) is 0 Å². The number of nitrogens with one attached hydrogen (secondary N) is 1. The van der Waals surface area contributed by atoms with Gasteiger partial charge >= 0.3 is 0 Å². The normalized spacial score (nSPS) is 17.8. The van der Waals surface area contributed by atoms with Crippen molar-refractivity contribution in [3.63, 3.8) is 0 Å². The van der Waals surface area contributed by atoms with Crippen LogP contribution in [0.4, 0.5) is 0 Å². The number of amides is 1. The van der Waals surface area contributed by atoms with Crippen LogP contribution in [0.1, 0.15) is 27.9 Å². The van der Waals surface area contributed by atoms with Crippen LogP contribution in [0.25, 0.3) is 0 Å². The fourth-order valence-electron chi connectivity index (χ4n) is 3.61. The minimum atomic E-state index is -3.95. The first-order valence-electron chi connectivity index (χ1n) is 10.2. The van der Waals surface area contributed by atoms with E-state index in [1.54, 1.807) is 13.1 Å².